The van der Waals surface area contributed by atoms with Crippen LogP contribution in [0.1, 0.15) is 25.7 Å². The van der Waals surface area contributed by atoms with Gasteiger partial charge in [0, 0.05) is 5.41 Å². The topological polar surface area (TPSA) is 26.3 Å². The second-order valence-corrected chi connectivity index (χ2v) is 4.90. The minimum Gasteiger partial charge on any atom is -0.465 e. The normalized spacial score (nSPS) is 47.7. The van der Waals surface area contributed by atoms with Gasteiger partial charge < -0.3 is 4.74 Å². The predicted octanol–water partition coefficient (Wildman–Crippen LogP) is 1.91. The van der Waals surface area contributed by atoms with Gasteiger partial charge in [0.1, 0.15) is 0 Å². The number of rotatable bonds is 0. The Bertz CT molecular complexity index is 294. The van der Waals surface area contributed by atoms with Crippen LogP contribution in [0.4, 0.5) is 0 Å². The second kappa shape index (κ2) is 2.17. The molecular formula is C11H14O2. The monoisotopic (exact) mass is 178 g/mol. The summed E-state index contributed by atoms with van der Waals surface area (Å²) in [4.78, 5) is 11.1. The van der Waals surface area contributed by atoms with E-state index in [0.717, 1.165) is 12.8 Å². The van der Waals surface area contributed by atoms with Crippen LogP contribution in [-0.4, -0.2) is 12.6 Å². The third kappa shape index (κ3) is 0.862. The average Bonchev–Trinajstić information content (AvgIpc) is 2.68. The molecule has 3 unspecified atom stereocenters. The van der Waals surface area contributed by atoms with E-state index in [1.54, 1.807) is 0 Å². The Hall–Kier alpha value is -0.790. The fourth-order valence-electron chi connectivity index (χ4n) is 3.44. The van der Waals surface area contributed by atoms with Gasteiger partial charge >= 0.3 is 5.97 Å². The lowest BCUT2D eigenvalue weighted by Gasteiger charge is -2.31. The summed E-state index contributed by atoms with van der Waals surface area (Å²) in [5, 5.41) is 0. The Morgan fingerprint density at radius 2 is 2.38 bits per heavy atom. The number of hydrogen-bond donors (Lipinski definition) is 0. The average molecular weight is 178 g/mol. The molecule has 1 heterocycles. The zero-order chi connectivity index (χ0) is 9.05. The Morgan fingerprint density at radius 3 is 2.85 bits per heavy atom. The van der Waals surface area contributed by atoms with Gasteiger partial charge in [-0.1, -0.05) is 12.2 Å². The van der Waals surface area contributed by atoms with Gasteiger partial charge in [0.05, 0.1) is 13.0 Å². The zero-order valence-electron chi connectivity index (χ0n) is 7.71. The van der Waals surface area contributed by atoms with Gasteiger partial charge in [-0.3, -0.25) is 4.79 Å². The van der Waals surface area contributed by atoms with Crippen molar-refractivity contribution in [1.29, 1.82) is 0 Å². The molecule has 0 N–H and O–H groups in total. The molecule has 1 spiro atoms. The molecule has 2 nitrogen and oxygen atoms in total. The van der Waals surface area contributed by atoms with Crippen molar-refractivity contribution in [2.45, 2.75) is 25.7 Å². The molecule has 2 bridgehead atoms. The van der Waals surface area contributed by atoms with Crippen LogP contribution in [0.25, 0.3) is 0 Å². The van der Waals surface area contributed by atoms with Crippen molar-refractivity contribution in [3.05, 3.63) is 12.2 Å². The van der Waals surface area contributed by atoms with Crippen LogP contribution in [0, 0.1) is 17.3 Å². The van der Waals surface area contributed by atoms with Crippen molar-refractivity contribution >= 4 is 5.97 Å². The Balaban J connectivity index is 1.89. The predicted molar refractivity (Wildman–Crippen MR) is 48.0 cm³/mol. The number of ether oxygens (including phenoxy) is 1. The number of carbonyl (C=O) groups is 1. The van der Waals surface area contributed by atoms with Gasteiger partial charge in [0.15, 0.2) is 0 Å². The van der Waals surface area contributed by atoms with Crippen LogP contribution >= 0.6 is 0 Å². The highest BCUT2D eigenvalue weighted by Crippen LogP contribution is 2.60. The zero-order valence-corrected chi connectivity index (χ0v) is 7.71. The van der Waals surface area contributed by atoms with Crippen molar-refractivity contribution in [2.75, 3.05) is 6.61 Å². The summed E-state index contributed by atoms with van der Waals surface area (Å²) in [5.74, 6) is 1.40. The van der Waals surface area contributed by atoms with E-state index in [2.05, 4.69) is 6.58 Å². The number of carbonyl (C=O) groups excluding carboxylic acids is 1. The summed E-state index contributed by atoms with van der Waals surface area (Å²) in [6.07, 6.45) is 4.22. The summed E-state index contributed by atoms with van der Waals surface area (Å²) in [6, 6.07) is 0. The third-order valence-corrected chi connectivity index (χ3v) is 4.19. The molecule has 3 rings (SSSR count). The molecule has 0 radical (unpaired) electrons. The molecule has 3 atom stereocenters. The molecular weight excluding hydrogens is 164 g/mol. The van der Waals surface area contributed by atoms with E-state index >= 15 is 0 Å². The minimum absolute atomic E-state index is 0.0122. The van der Waals surface area contributed by atoms with Crippen molar-refractivity contribution in [3.8, 4) is 0 Å². The first kappa shape index (κ1) is 7.60. The molecule has 0 aromatic carbocycles. The van der Waals surface area contributed by atoms with Gasteiger partial charge in [-0.2, -0.15) is 0 Å². The molecule has 2 aliphatic carbocycles. The van der Waals surface area contributed by atoms with Gasteiger partial charge in [-0.25, -0.2) is 0 Å². The molecule has 0 amide bonds. The highest BCUT2D eigenvalue weighted by molar-refractivity contribution is 5.72. The summed E-state index contributed by atoms with van der Waals surface area (Å²) in [6.45, 7) is 4.77. The minimum atomic E-state index is 0.0122. The van der Waals surface area contributed by atoms with Gasteiger partial charge in [0.25, 0.3) is 0 Å². The lowest BCUT2D eigenvalue weighted by Crippen LogP contribution is -2.28. The Morgan fingerprint density at radius 1 is 1.54 bits per heavy atom. The van der Waals surface area contributed by atoms with Gasteiger partial charge in [-0.15, -0.1) is 0 Å². The molecule has 3 aliphatic rings. The number of esters is 1. The molecule has 0 aromatic rings. The fraction of sp³-hybridized carbons (Fsp3) is 0.727. The summed E-state index contributed by atoms with van der Waals surface area (Å²) >= 11 is 0. The van der Waals surface area contributed by atoms with E-state index in [1.807, 2.05) is 0 Å². The van der Waals surface area contributed by atoms with Crippen LogP contribution in [0.3, 0.4) is 0 Å². The van der Waals surface area contributed by atoms with E-state index in [9.17, 15) is 4.79 Å². The Labute approximate surface area is 78.0 Å². The smallest absolute Gasteiger partial charge is 0.306 e. The molecule has 3 fully saturated rings. The lowest BCUT2D eigenvalue weighted by atomic mass is 9.71. The van der Waals surface area contributed by atoms with Crippen molar-refractivity contribution < 1.29 is 9.53 Å². The summed E-state index contributed by atoms with van der Waals surface area (Å²) in [5.41, 5.74) is 1.64. The fourth-order valence-corrected chi connectivity index (χ4v) is 3.44. The van der Waals surface area contributed by atoms with Crippen molar-refractivity contribution in [1.82, 2.24) is 0 Å². The maximum Gasteiger partial charge on any atom is 0.306 e. The quantitative estimate of drug-likeness (QED) is 0.418. The molecule has 2 heteroatoms. The van der Waals surface area contributed by atoms with Crippen molar-refractivity contribution in [3.63, 3.8) is 0 Å². The molecule has 0 aromatic heterocycles. The maximum absolute atomic E-state index is 11.1. The van der Waals surface area contributed by atoms with E-state index in [-0.39, 0.29) is 11.4 Å². The largest absolute Gasteiger partial charge is 0.465 e. The van der Waals surface area contributed by atoms with E-state index in [0.29, 0.717) is 24.9 Å². The first-order valence-electron chi connectivity index (χ1n) is 5.03. The molecule has 70 valence electrons. The molecule has 1 aliphatic heterocycles. The second-order valence-electron chi connectivity index (χ2n) is 4.90. The highest BCUT2D eigenvalue weighted by atomic mass is 16.5. The molecule has 1 saturated heterocycles. The van der Waals surface area contributed by atoms with Gasteiger partial charge in [0.2, 0.25) is 0 Å². The van der Waals surface area contributed by atoms with Crippen LogP contribution in [-0.2, 0) is 9.53 Å². The Kier molecular flexibility index (Phi) is 1.27. The lowest BCUT2D eigenvalue weighted by molar-refractivity contribution is -0.137. The highest BCUT2D eigenvalue weighted by Gasteiger charge is 2.56. The van der Waals surface area contributed by atoms with Crippen LogP contribution in [0.2, 0.25) is 0 Å². The summed E-state index contributed by atoms with van der Waals surface area (Å²) < 4.78 is 5.11. The van der Waals surface area contributed by atoms with Crippen LogP contribution < -0.4 is 0 Å². The van der Waals surface area contributed by atoms with Gasteiger partial charge in [-0.05, 0) is 31.1 Å². The SMILES string of the molecule is C=C1CC2CC1CC21COC(=O)C1. The third-order valence-electron chi connectivity index (χ3n) is 4.19. The van der Waals surface area contributed by atoms with Crippen LogP contribution in [0.5, 0.6) is 0 Å². The maximum atomic E-state index is 11.1. The first-order valence-corrected chi connectivity index (χ1v) is 5.03. The summed E-state index contributed by atoms with van der Waals surface area (Å²) in [7, 11) is 0. The van der Waals surface area contributed by atoms with E-state index < -0.39 is 0 Å². The molecule has 2 saturated carbocycles. The van der Waals surface area contributed by atoms with E-state index in [1.165, 1.54) is 12.0 Å². The molecule has 13 heavy (non-hydrogen) atoms. The number of fused-ring (bicyclic) bond motifs is 3. The number of cyclic esters (lactones) is 1. The standard InChI is InChI=1S/C11H14O2/c1-7-2-9-3-8(7)4-11(9)5-10(12)13-6-11/h8-9H,1-6H2. The van der Waals surface area contributed by atoms with Crippen LogP contribution in [0.15, 0.2) is 12.2 Å². The first-order chi connectivity index (χ1) is 6.20. The van der Waals surface area contributed by atoms with Crippen molar-refractivity contribution in [2.24, 2.45) is 17.3 Å². The number of hydrogen-bond acceptors (Lipinski definition) is 2. The van der Waals surface area contributed by atoms with E-state index in [4.69, 9.17) is 4.74 Å². The number of allylic oxidation sites excluding steroid dienone is 1.